The molecule has 1 saturated heterocycles. The van der Waals surface area contributed by atoms with E-state index in [1.165, 1.54) is 11.8 Å². The number of hydrogen-bond donors (Lipinski definition) is 0. The average molecular weight is 410 g/mol. The molecule has 0 N–H and O–H groups in total. The molecule has 0 unspecified atom stereocenters. The van der Waals surface area contributed by atoms with E-state index in [1.54, 1.807) is 4.90 Å². The Kier molecular flexibility index (Phi) is 6.21. The molecule has 3 rings (SSSR count). The lowest BCUT2D eigenvalue weighted by molar-refractivity contribution is -0.132. The molecule has 146 valence electrons. The first-order chi connectivity index (χ1) is 12.9. The van der Waals surface area contributed by atoms with Crippen LogP contribution in [-0.2, 0) is 14.6 Å². The number of aromatic nitrogens is 2. The van der Waals surface area contributed by atoms with Gasteiger partial charge in [0.2, 0.25) is 11.8 Å². The van der Waals surface area contributed by atoms with Crippen LogP contribution in [-0.4, -0.2) is 58.8 Å². The van der Waals surface area contributed by atoms with E-state index in [0.29, 0.717) is 17.5 Å². The van der Waals surface area contributed by atoms with Crippen molar-refractivity contribution in [2.45, 2.75) is 44.0 Å². The molecule has 2 heterocycles. The van der Waals surface area contributed by atoms with Gasteiger partial charge in [0.25, 0.3) is 5.22 Å². The van der Waals surface area contributed by atoms with E-state index in [1.807, 2.05) is 44.2 Å². The SMILES string of the molecule is CC[C@@H](C)N(C(=O)CSc1nnc(-c2ccccc2)o1)[C@H]1CCS(=O)(=O)C1. The minimum atomic E-state index is -3.05. The van der Waals surface area contributed by atoms with Crippen LogP contribution >= 0.6 is 11.8 Å². The topological polar surface area (TPSA) is 93.4 Å². The van der Waals surface area contributed by atoms with Gasteiger partial charge < -0.3 is 9.32 Å². The Morgan fingerprint density at radius 2 is 2.07 bits per heavy atom. The summed E-state index contributed by atoms with van der Waals surface area (Å²) in [6, 6.07) is 9.15. The maximum Gasteiger partial charge on any atom is 0.277 e. The van der Waals surface area contributed by atoms with Crippen molar-refractivity contribution < 1.29 is 17.6 Å². The van der Waals surface area contributed by atoms with Gasteiger partial charge in [-0.1, -0.05) is 36.9 Å². The Balaban J connectivity index is 1.65. The lowest BCUT2D eigenvalue weighted by atomic mass is 10.1. The van der Waals surface area contributed by atoms with Gasteiger partial charge in [0.15, 0.2) is 9.84 Å². The van der Waals surface area contributed by atoms with Gasteiger partial charge in [-0.15, -0.1) is 10.2 Å². The summed E-state index contributed by atoms with van der Waals surface area (Å²) < 4.78 is 29.3. The number of thioether (sulfide) groups is 1. The predicted molar refractivity (Wildman–Crippen MR) is 104 cm³/mol. The van der Waals surface area contributed by atoms with E-state index in [-0.39, 0.29) is 35.2 Å². The molecule has 27 heavy (non-hydrogen) atoms. The molecule has 1 fully saturated rings. The molecule has 1 aliphatic heterocycles. The van der Waals surface area contributed by atoms with Crippen molar-refractivity contribution in [1.82, 2.24) is 15.1 Å². The lowest BCUT2D eigenvalue weighted by Gasteiger charge is -2.33. The minimum absolute atomic E-state index is 0.0148. The third kappa shape index (κ3) is 4.90. The first kappa shape index (κ1) is 19.9. The van der Waals surface area contributed by atoms with Gasteiger partial charge in [0.05, 0.1) is 17.3 Å². The largest absolute Gasteiger partial charge is 0.411 e. The smallest absolute Gasteiger partial charge is 0.277 e. The Morgan fingerprint density at radius 1 is 1.33 bits per heavy atom. The molecular weight excluding hydrogens is 386 g/mol. The van der Waals surface area contributed by atoms with Crippen molar-refractivity contribution in [3.63, 3.8) is 0 Å². The molecule has 0 spiro atoms. The fraction of sp³-hybridized carbons (Fsp3) is 0.500. The van der Waals surface area contributed by atoms with E-state index in [0.717, 1.165) is 12.0 Å². The van der Waals surface area contributed by atoms with E-state index < -0.39 is 9.84 Å². The summed E-state index contributed by atoms with van der Waals surface area (Å²) in [4.78, 5) is 14.5. The fourth-order valence-corrected chi connectivity index (χ4v) is 5.51. The summed E-state index contributed by atoms with van der Waals surface area (Å²) in [7, 11) is -3.05. The number of rotatable bonds is 7. The number of amides is 1. The summed E-state index contributed by atoms with van der Waals surface area (Å²) in [5.74, 6) is 0.640. The van der Waals surface area contributed by atoms with Crippen molar-refractivity contribution in [3.8, 4) is 11.5 Å². The van der Waals surface area contributed by atoms with Gasteiger partial charge in [-0.05, 0) is 31.9 Å². The molecule has 9 heteroatoms. The highest BCUT2D eigenvalue weighted by molar-refractivity contribution is 7.99. The average Bonchev–Trinajstić information content (AvgIpc) is 3.27. The maximum absolute atomic E-state index is 12.8. The van der Waals surface area contributed by atoms with E-state index in [4.69, 9.17) is 4.42 Å². The van der Waals surface area contributed by atoms with Crippen molar-refractivity contribution in [3.05, 3.63) is 30.3 Å². The van der Waals surface area contributed by atoms with E-state index in [2.05, 4.69) is 10.2 Å². The van der Waals surface area contributed by atoms with Crippen molar-refractivity contribution in [2.75, 3.05) is 17.3 Å². The van der Waals surface area contributed by atoms with Crippen molar-refractivity contribution in [2.24, 2.45) is 0 Å². The zero-order valence-corrected chi connectivity index (χ0v) is 17.0. The quantitative estimate of drug-likeness (QED) is 0.649. The van der Waals surface area contributed by atoms with Crippen LogP contribution in [0.15, 0.2) is 40.0 Å². The van der Waals surface area contributed by atoms with Gasteiger partial charge in [-0.2, -0.15) is 0 Å². The van der Waals surface area contributed by atoms with Crippen LogP contribution in [0.3, 0.4) is 0 Å². The van der Waals surface area contributed by atoms with Crippen LogP contribution in [0.25, 0.3) is 11.5 Å². The summed E-state index contributed by atoms with van der Waals surface area (Å²) in [6.45, 7) is 3.94. The number of sulfone groups is 1. The van der Waals surface area contributed by atoms with Crippen molar-refractivity contribution in [1.29, 1.82) is 0 Å². The van der Waals surface area contributed by atoms with Crippen molar-refractivity contribution >= 4 is 27.5 Å². The summed E-state index contributed by atoms with van der Waals surface area (Å²) in [5.41, 5.74) is 0.820. The number of benzene rings is 1. The van der Waals surface area contributed by atoms with Crippen LogP contribution in [0.2, 0.25) is 0 Å². The Morgan fingerprint density at radius 3 is 2.70 bits per heavy atom. The molecule has 2 atom stereocenters. The normalized spacial score (nSPS) is 19.7. The van der Waals surface area contributed by atoms with Crippen LogP contribution in [0.4, 0.5) is 0 Å². The highest BCUT2D eigenvalue weighted by Crippen LogP contribution is 2.26. The maximum atomic E-state index is 12.8. The van der Waals surface area contributed by atoms with Gasteiger partial charge in [-0.25, -0.2) is 8.42 Å². The minimum Gasteiger partial charge on any atom is -0.411 e. The second kappa shape index (κ2) is 8.43. The summed E-state index contributed by atoms with van der Waals surface area (Å²) in [5, 5.41) is 8.33. The van der Waals surface area contributed by atoms with E-state index in [9.17, 15) is 13.2 Å². The predicted octanol–water partition coefficient (Wildman–Crippen LogP) is 2.64. The zero-order valence-electron chi connectivity index (χ0n) is 15.4. The molecular formula is C18H23N3O4S2. The second-order valence-corrected chi connectivity index (χ2v) is 9.80. The Labute approximate surface area is 163 Å². The van der Waals surface area contributed by atoms with Crippen LogP contribution in [0, 0.1) is 0 Å². The number of nitrogens with zero attached hydrogens (tertiary/aromatic N) is 3. The molecule has 0 saturated carbocycles. The molecule has 1 aromatic carbocycles. The highest BCUT2D eigenvalue weighted by atomic mass is 32.2. The monoisotopic (exact) mass is 409 g/mol. The van der Waals surface area contributed by atoms with Crippen LogP contribution in [0.1, 0.15) is 26.7 Å². The van der Waals surface area contributed by atoms with Crippen LogP contribution in [0.5, 0.6) is 0 Å². The molecule has 1 aromatic heterocycles. The number of carbonyl (C=O) groups excluding carboxylic acids is 1. The Hall–Kier alpha value is -1.87. The highest BCUT2D eigenvalue weighted by Gasteiger charge is 2.36. The molecule has 2 aromatic rings. The molecule has 1 aliphatic rings. The van der Waals surface area contributed by atoms with Gasteiger partial charge in [0, 0.05) is 17.6 Å². The number of hydrogen-bond acceptors (Lipinski definition) is 7. The number of carbonyl (C=O) groups is 1. The van der Waals surface area contributed by atoms with E-state index >= 15 is 0 Å². The zero-order chi connectivity index (χ0) is 19.4. The molecule has 0 bridgehead atoms. The third-order valence-corrected chi connectivity index (χ3v) is 7.26. The molecule has 7 nitrogen and oxygen atoms in total. The first-order valence-electron chi connectivity index (χ1n) is 8.93. The lowest BCUT2D eigenvalue weighted by Crippen LogP contribution is -2.47. The molecule has 0 aliphatic carbocycles. The molecule has 0 radical (unpaired) electrons. The van der Waals surface area contributed by atoms with Gasteiger partial charge in [-0.3, -0.25) is 4.79 Å². The van der Waals surface area contributed by atoms with Crippen LogP contribution < -0.4 is 0 Å². The Bertz CT molecular complexity index is 883. The third-order valence-electron chi connectivity index (χ3n) is 4.70. The van der Waals surface area contributed by atoms with Gasteiger partial charge in [0.1, 0.15) is 0 Å². The molecule has 1 amide bonds. The summed E-state index contributed by atoms with van der Waals surface area (Å²) >= 11 is 1.18. The standard InChI is InChI=1S/C18H23N3O4S2/c1-3-13(2)21(15-9-10-27(23,24)12-15)16(22)11-26-18-20-19-17(25-18)14-7-5-4-6-8-14/h4-8,13,15H,3,9-12H2,1-2H3/t13-,15+/m1/s1. The van der Waals surface area contributed by atoms with Gasteiger partial charge >= 0.3 is 0 Å². The first-order valence-corrected chi connectivity index (χ1v) is 11.7. The summed E-state index contributed by atoms with van der Waals surface area (Å²) in [6.07, 6.45) is 1.27. The second-order valence-electron chi connectivity index (χ2n) is 6.64. The fourth-order valence-electron chi connectivity index (χ4n) is 3.16.